The maximum absolute atomic E-state index is 11.5. The number of amides is 2. The number of carboxylic acid groups (broad SMARTS) is 1. The first-order valence-corrected chi connectivity index (χ1v) is 4.34. The van der Waals surface area contributed by atoms with E-state index in [1.54, 1.807) is 0 Å². The van der Waals surface area contributed by atoms with Gasteiger partial charge in [-0.1, -0.05) is 13.3 Å². The minimum Gasteiger partial charge on any atom is -0.465 e. The molecule has 0 aromatic heterocycles. The van der Waals surface area contributed by atoms with E-state index in [1.807, 2.05) is 6.92 Å². The molecule has 0 aromatic rings. The fourth-order valence-electron chi connectivity index (χ4n) is 1.00. The first-order chi connectivity index (χ1) is 6.52. The maximum Gasteiger partial charge on any atom is 0.405 e. The zero-order valence-electron chi connectivity index (χ0n) is 8.61. The Morgan fingerprint density at radius 3 is 2.50 bits per heavy atom. The molecule has 0 aliphatic heterocycles. The molecule has 1 atom stereocenters. The summed E-state index contributed by atoms with van der Waals surface area (Å²) in [5, 5.41) is 11.6. The predicted molar refractivity (Wildman–Crippen MR) is 49.6 cm³/mol. The Balaban J connectivity index is 4.31. The van der Waals surface area contributed by atoms with Crippen molar-refractivity contribution in [3.63, 3.8) is 0 Å². The van der Waals surface area contributed by atoms with Crippen LogP contribution in [0, 0.1) is 0 Å². The number of nitrogens with one attached hydrogen (secondary N) is 1. The second kappa shape index (κ2) is 6.20. The van der Waals surface area contributed by atoms with Crippen molar-refractivity contribution in [1.29, 1.82) is 0 Å². The second-order valence-electron chi connectivity index (χ2n) is 2.81. The van der Waals surface area contributed by atoms with Crippen LogP contribution in [0.15, 0.2) is 0 Å². The molecule has 0 bridgehead atoms. The molecule has 6 nitrogen and oxygen atoms in total. The largest absolute Gasteiger partial charge is 0.465 e. The second-order valence-corrected chi connectivity index (χ2v) is 2.81. The predicted octanol–water partition coefficient (Wildman–Crippen LogP) is 0.442. The minimum atomic E-state index is -1.21. The summed E-state index contributed by atoms with van der Waals surface area (Å²) in [6.07, 6.45) is -0.0334. The number of hydroxylamine groups is 2. The molecule has 0 aromatic carbocycles. The van der Waals surface area contributed by atoms with Gasteiger partial charge >= 0.3 is 6.09 Å². The van der Waals surface area contributed by atoms with E-state index in [9.17, 15) is 9.59 Å². The monoisotopic (exact) mass is 204 g/mol. The lowest BCUT2D eigenvalue weighted by Crippen LogP contribution is -2.46. The Labute approximate surface area is 82.8 Å². The standard InChI is InChI=1S/C8H16N2O4/c1-4-5-6(9-8(12)13)7(11)10(2)14-3/h6,9H,4-5H2,1-3H3,(H,12,13). The molecule has 1 unspecified atom stereocenters. The SMILES string of the molecule is CCCC(NC(=O)O)C(=O)N(C)OC. The fraction of sp³-hybridized carbons (Fsp3) is 0.750. The maximum atomic E-state index is 11.5. The molecule has 0 heterocycles. The van der Waals surface area contributed by atoms with Crippen molar-refractivity contribution in [2.24, 2.45) is 0 Å². The molecular formula is C8H16N2O4. The third kappa shape index (κ3) is 4.08. The van der Waals surface area contributed by atoms with Crippen LogP contribution in [0.25, 0.3) is 0 Å². The molecule has 0 saturated heterocycles. The summed E-state index contributed by atoms with van der Waals surface area (Å²) >= 11 is 0. The van der Waals surface area contributed by atoms with E-state index in [2.05, 4.69) is 10.2 Å². The van der Waals surface area contributed by atoms with Crippen molar-refractivity contribution in [3.8, 4) is 0 Å². The minimum absolute atomic E-state index is 0.392. The van der Waals surface area contributed by atoms with E-state index < -0.39 is 18.0 Å². The molecule has 6 heteroatoms. The van der Waals surface area contributed by atoms with Gasteiger partial charge in [0.2, 0.25) is 0 Å². The van der Waals surface area contributed by atoms with Gasteiger partial charge in [-0.3, -0.25) is 9.63 Å². The Morgan fingerprint density at radius 2 is 2.14 bits per heavy atom. The third-order valence-corrected chi connectivity index (χ3v) is 1.76. The average molecular weight is 204 g/mol. The number of hydrogen-bond acceptors (Lipinski definition) is 3. The number of carbonyl (C=O) groups is 2. The summed E-state index contributed by atoms with van der Waals surface area (Å²) in [6.45, 7) is 1.87. The van der Waals surface area contributed by atoms with Gasteiger partial charge in [0.1, 0.15) is 6.04 Å². The van der Waals surface area contributed by atoms with E-state index in [0.717, 1.165) is 5.06 Å². The van der Waals surface area contributed by atoms with Crippen LogP contribution in [0.4, 0.5) is 4.79 Å². The fourth-order valence-corrected chi connectivity index (χ4v) is 1.00. The summed E-state index contributed by atoms with van der Waals surface area (Å²) in [7, 11) is 2.79. The highest BCUT2D eigenvalue weighted by Gasteiger charge is 2.22. The molecule has 2 N–H and O–H groups in total. The topological polar surface area (TPSA) is 78.9 Å². The Bertz CT molecular complexity index is 208. The molecule has 0 saturated carbocycles. The van der Waals surface area contributed by atoms with Gasteiger partial charge in [0, 0.05) is 7.05 Å². The summed E-state index contributed by atoms with van der Waals surface area (Å²) in [5.74, 6) is -0.392. The molecule has 82 valence electrons. The van der Waals surface area contributed by atoms with Crippen LogP contribution in [-0.4, -0.2) is 42.4 Å². The van der Waals surface area contributed by atoms with Crippen LogP contribution in [0.2, 0.25) is 0 Å². The van der Waals surface area contributed by atoms with Crippen LogP contribution in [0.1, 0.15) is 19.8 Å². The normalized spacial score (nSPS) is 11.9. The van der Waals surface area contributed by atoms with Crippen molar-refractivity contribution in [1.82, 2.24) is 10.4 Å². The number of hydrogen-bond donors (Lipinski definition) is 2. The first-order valence-electron chi connectivity index (χ1n) is 4.34. The summed E-state index contributed by atoms with van der Waals surface area (Å²) < 4.78 is 0. The molecular weight excluding hydrogens is 188 g/mol. The van der Waals surface area contributed by atoms with Gasteiger partial charge in [-0.25, -0.2) is 9.86 Å². The molecule has 0 spiro atoms. The van der Waals surface area contributed by atoms with Crippen molar-refractivity contribution in [2.45, 2.75) is 25.8 Å². The van der Waals surface area contributed by atoms with Gasteiger partial charge in [-0.2, -0.15) is 0 Å². The van der Waals surface area contributed by atoms with Crippen molar-refractivity contribution >= 4 is 12.0 Å². The lowest BCUT2D eigenvalue weighted by Gasteiger charge is -2.20. The average Bonchev–Trinajstić information content (AvgIpc) is 2.14. The van der Waals surface area contributed by atoms with E-state index in [1.165, 1.54) is 14.2 Å². The molecule has 0 rings (SSSR count). The highest BCUT2D eigenvalue weighted by molar-refractivity contribution is 5.84. The summed E-state index contributed by atoms with van der Waals surface area (Å²) in [4.78, 5) is 26.5. The van der Waals surface area contributed by atoms with E-state index >= 15 is 0 Å². The summed E-state index contributed by atoms with van der Waals surface area (Å²) in [6, 6.07) is -0.734. The summed E-state index contributed by atoms with van der Waals surface area (Å²) in [5.41, 5.74) is 0. The van der Waals surface area contributed by atoms with Gasteiger partial charge in [-0.15, -0.1) is 0 Å². The van der Waals surface area contributed by atoms with E-state index in [4.69, 9.17) is 5.11 Å². The molecule has 0 radical (unpaired) electrons. The van der Waals surface area contributed by atoms with E-state index in [0.29, 0.717) is 12.8 Å². The zero-order valence-corrected chi connectivity index (χ0v) is 8.61. The highest BCUT2D eigenvalue weighted by Crippen LogP contribution is 2.01. The van der Waals surface area contributed by atoms with Gasteiger partial charge in [-0.05, 0) is 6.42 Å². The number of carbonyl (C=O) groups excluding carboxylic acids is 1. The molecule has 0 aliphatic carbocycles. The number of nitrogens with zero attached hydrogens (tertiary/aromatic N) is 1. The van der Waals surface area contributed by atoms with Crippen molar-refractivity contribution < 1.29 is 19.5 Å². The van der Waals surface area contributed by atoms with Gasteiger partial charge in [0.15, 0.2) is 0 Å². The number of likely N-dealkylation sites (N-methyl/N-ethyl adjacent to an activating group) is 1. The van der Waals surface area contributed by atoms with Gasteiger partial charge < -0.3 is 10.4 Å². The number of rotatable bonds is 5. The lowest BCUT2D eigenvalue weighted by atomic mass is 10.1. The van der Waals surface area contributed by atoms with Gasteiger partial charge in [0.05, 0.1) is 7.11 Å². The van der Waals surface area contributed by atoms with Crippen LogP contribution >= 0.6 is 0 Å². The highest BCUT2D eigenvalue weighted by atomic mass is 16.7. The first kappa shape index (κ1) is 12.7. The molecule has 2 amide bonds. The van der Waals surface area contributed by atoms with Crippen molar-refractivity contribution in [2.75, 3.05) is 14.2 Å². The lowest BCUT2D eigenvalue weighted by molar-refractivity contribution is -0.171. The van der Waals surface area contributed by atoms with Crippen LogP contribution in [-0.2, 0) is 9.63 Å². The van der Waals surface area contributed by atoms with Crippen LogP contribution in [0.3, 0.4) is 0 Å². The quantitative estimate of drug-likeness (QED) is 0.637. The Morgan fingerprint density at radius 1 is 1.57 bits per heavy atom. The molecule has 0 aliphatic rings. The molecule has 0 fully saturated rings. The zero-order chi connectivity index (χ0) is 11.1. The smallest absolute Gasteiger partial charge is 0.405 e. The van der Waals surface area contributed by atoms with E-state index in [-0.39, 0.29) is 0 Å². The Hall–Kier alpha value is -1.30. The Kier molecular flexibility index (Phi) is 5.62. The third-order valence-electron chi connectivity index (χ3n) is 1.76. The van der Waals surface area contributed by atoms with Crippen LogP contribution in [0.5, 0.6) is 0 Å². The molecule has 14 heavy (non-hydrogen) atoms. The van der Waals surface area contributed by atoms with Gasteiger partial charge in [0.25, 0.3) is 5.91 Å². The van der Waals surface area contributed by atoms with Crippen LogP contribution < -0.4 is 5.32 Å². The van der Waals surface area contributed by atoms with Crippen molar-refractivity contribution in [3.05, 3.63) is 0 Å².